The summed E-state index contributed by atoms with van der Waals surface area (Å²) in [5.74, 6) is -0.352. The second-order valence-electron chi connectivity index (χ2n) is 4.90. The minimum Gasteiger partial charge on any atom is -0.345 e. The molecule has 6 nitrogen and oxygen atoms in total. The van der Waals surface area contributed by atoms with E-state index in [9.17, 15) is 9.59 Å². The van der Waals surface area contributed by atoms with Gasteiger partial charge in [0.25, 0.3) is 11.8 Å². The van der Waals surface area contributed by atoms with E-state index >= 15 is 0 Å². The first-order valence-corrected chi connectivity index (χ1v) is 7.66. The Balaban J connectivity index is 0.00000264. The number of anilines is 1. The number of hydrogen-bond donors (Lipinski definition) is 2. The van der Waals surface area contributed by atoms with Crippen molar-refractivity contribution >= 4 is 41.2 Å². The van der Waals surface area contributed by atoms with E-state index < -0.39 is 0 Å². The lowest BCUT2D eigenvalue weighted by molar-refractivity contribution is 0.0827. The molecule has 0 unspecified atom stereocenters. The van der Waals surface area contributed by atoms with Crippen molar-refractivity contribution in [1.29, 1.82) is 0 Å². The molecule has 2 amide bonds. The molecule has 0 saturated carbocycles. The summed E-state index contributed by atoms with van der Waals surface area (Å²) in [6.45, 7) is 0.510. The molecule has 8 heteroatoms. The van der Waals surface area contributed by atoms with Gasteiger partial charge in [-0.3, -0.25) is 9.59 Å². The summed E-state index contributed by atoms with van der Waals surface area (Å²) in [4.78, 5) is 29.6. The van der Waals surface area contributed by atoms with Crippen molar-refractivity contribution in [3.63, 3.8) is 0 Å². The van der Waals surface area contributed by atoms with E-state index in [4.69, 9.17) is 5.73 Å². The van der Waals surface area contributed by atoms with E-state index in [1.54, 1.807) is 43.7 Å². The maximum Gasteiger partial charge on any atom is 0.275 e. The monoisotopic (exact) mass is 354 g/mol. The largest absolute Gasteiger partial charge is 0.345 e. The topological polar surface area (TPSA) is 88.3 Å². The summed E-state index contributed by atoms with van der Waals surface area (Å²) in [6.07, 6.45) is 0.666. The van der Waals surface area contributed by atoms with Gasteiger partial charge in [-0.05, 0) is 30.8 Å². The van der Waals surface area contributed by atoms with Crippen LogP contribution in [0.2, 0.25) is 0 Å². The molecule has 1 aromatic carbocycles. The van der Waals surface area contributed by atoms with E-state index in [1.807, 2.05) is 0 Å². The molecule has 0 fully saturated rings. The van der Waals surface area contributed by atoms with Crippen LogP contribution in [0, 0.1) is 0 Å². The molecule has 1 aromatic heterocycles. The van der Waals surface area contributed by atoms with Gasteiger partial charge in [-0.25, -0.2) is 4.98 Å². The molecule has 0 radical (unpaired) electrons. The predicted molar refractivity (Wildman–Crippen MR) is 94.5 cm³/mol. The molecule has 0 spiro atoms. The smallest absolute Gasteiger partial charge is 0.275 e. The molecule has 23 heavy (non-hydrogen) atoms. The Labute approximate surface area is 145 Å². The lowest BCUT2D eigenvalue weighted by Gasteiger charge is -2.10. The minimum atomic E-state index is -0.272. The Morgan fingerprint density at radius 1 is 1.26 bits per heavy atom. The Hall–Kier alpha value is -1.96. The fourth-order valence-electron chi connectivity index (χ4n) is 1.80. The standard InChI is InChI=1S/C15H18N4O2S.ClH/c1-19(2)15(21)10-3-5-11(6-4-10)17-14(20)12-9-22-13(18-12)7-8-16;/h3-6,9H,7-8,16H2,1-2H3,(H,17,20);1H. The molecule has 2 aromatic rings. The van der Waals surface area contributed by atoms with Crippen molar-refractivity contribution in [2.45, 2.75) is 6.42 Å². The van der Waals surface area contributed by atoms with Crippen LogP contribution >= 0.6 is 23.7 Å². The Bertz CT molecular complexity index is 670. The molecule has 0 bridgehead atoms. The molecule has 0 saturated heterocycles. The van der Waals surface area contributed by atoms with Crippen LogP contribution in [0.15, 0.2) is 29.6 Å². The van der Waals surface area contributed by atoms with Crippen LogP contribution in [-0.2, 0) is 6.42 Å². The molecule has 0 aliphatic heterocycles. The highest BCUT2D eigenvalue weighted by Crippen LogP contribution is 2.14. The van der Waals surface area contributed by atoms with E-state index in [2.05, 4.69) is 10.3 Å². The van der Waals surface area contributed by atoms with Crippen LogP contribution in [-0.4, -0.2) is 42.3 Å². The maximum atomic E-state index is 12.1. The molecule has 124 valence electrons. The van der Waals surface area contributed by atoms with Crippen LogP contribution in [0.3, 0.4) is 0 Å². The number of nitrogens with one attached hydrogen (secondary N) is 1. The van der Waals surface area contributed by atoms with Gasteiger partial charge in [0.2, 0.25) is 0 Å². The van der Waals surface area contributed by atoms with Gasteiger partial charge in [0.15, 0.2) is 0 Å². The normalized spacial score (nSPS) is 9.87. The number of halogens is 1. The molecular weight excluding hydrogens is 336 g/mol. The fourth-order valence-corrected chi connectivity index (χ4v) is 2.60. The molecule has 3 N–H and O–H groups in total. The second kappa shape index (κ2) is 8.61. The number of amides is 2. The number of carbonyl (C=O) groups is 2. The van der Waals surface area contributed by atoms with Gasteiger partial charge < -0.3 is 16.0 Å². The van der Waals surface area contributed by atoms with Gasteiger partial charge >= 0.3 is 0 Å². The Morgan fingerprint density at radius 2 is 1.91 bits per heavy atom. The van der Waals surface area contributed by atoms with Crippen LogP contribution in [0.1, 0.15) is 25.9 Å². The number of rotatable bonds is 5. The zero-order valence-electron chi connectivity index (χ0n) is 12.9. The van der Waals surface area contributed by atoms with Gasteiger partial charge in [-0.15, -0.1) is 23.7 Å². The third kappa shape index (κ3) is 5.02. The predicted octanol–water partition coefficient (Wildman–Crippen LogP) is 2.02. The Kier molecular flexibility index (Phi) is 7.15. The summed E-state index contributed by atoms with van der Waals surface area (Å²) in [6, 6.07) is 6.75. The highest BCUT2D eigenvalue weighted by Gasteiger charge is 2.12. The lowest BCUT2D eigenvalue weighted by Crippen LogP contribution is -2.21. The van der Waals surface area contributed by atoms with Crippen molar-refractivity contribution in [2.75, 3.05) is 26.0 Å². The first-order chi connectivity index (χ1) is 10.5. The van der Waals surface area contributed by atoms with Crippen molar-refractivity contribution in [3.8, 4) is 0 Å². The van der Waals surface area contributed by atoms with Crippen molar-refractivity contribution in [2.24, 2.45) is 5.73 Å². The molecule has 0 atom stereocenters. The van der Waals surface area contributed by atoms with Gasteiger partial charge in [0, 0.05) is 37.1 Å². The lowest BCUT2D eigenvalue weighted by atomic mass is 10.2. The minimum absolute atomic E-state index is 0. The SMILES string of the molecule is CN(C)C(=O)c1ccc(NC(=O)c2csc(CCN)n2)cc1.Cl. The van der Waals surface area contributed by atoms with E-state index in [0.29, 0.717) is 29.9 Å². The molecule has 0 aliphatic rings. The van der Waals surface area contributed by atoms with Crippen LogP contribution in [0.4, 0.5) is 5.69 Å². The quantitative estimate of drug-likeness (QED) is 0.859. The summed E-state index contributed by atoms with van der Waals surface area (Å²) in [5, 5.41) is 5.32. The zero-order chi connectivity index (χ0) is 16.1. The third-order valence-electron chi connectivity index (χ3n) is 2.94. The number of carbonyl (C=O) groups excluding carboxylic acids is 2. The summed E-state index contributed by atoms with van der Waals surface area (Å²) in [5.41, 5.74) is 7.03. The highest BCUT2D eigenvalue weighted by atomic mass is 35.5. The number of hydrogen-bond acceptors (Lipinski definition) is 5. The van der Waals surface area contributed by atoms with Crippen molar-refractivity contribution in [3.05, 3.63) is 45.9 Å². The molecule has 2 rings (SSSR count). The summed E-state index contributed by atoms with van der Waals surface area (Å²) in [7, 11) is 3.39. The van der Waals surface area contributed by atoms with E-state index in [1.165, 1.54) is 16.2 Å². The second-order valence-corrected chi connectivity index (χ2v) is 5.84. The highest BCUT2D eigenvalue weighted by molar-refractivity contribution is 7.09. The van der Waals surface area contributed by atoms with E-state index in [-0.39, 0.29) is 24.2 Å². The van der Waals surface area contributed by atoms with Crippen LogP contribution in [0.5, 0.6) is 0 Å². The number of nitrogens with zero attached hydrogens (tertiary/aromatic N) is 2. The van der Waals surface area contributed by atoms with Crippen LogP contribution in [0.25, 0.3) is 0 Å². The summed E-state index contributed by atoms with van der Waals surface area (Å²) < 4.78 is 0. The van der Waals surface area contributed by atoms with Gasteiger partial charge in [0.1, 0.15) is 5.69 Å². The van der Waals surface area contributed by atoms with Gasteiger partial charge in [-0.2, -0.15) is 0 Å². The average molecular weight is 355 g/mol. The number of aromatic nitrogens is 1. The number of thiazole rings is 1. The Morgan fingerprint density at radius 3 is 2.48 bits per heavy atom. The number of benzene rings is 1. The van der Waals surface area contributed by atoms with Crippen molar-refractivity contribution in [1.82, 2.24) is 9.88 Å². The number of nitrogens with two attached hydrogens (primary N) is 1. The maximum absolute atomic E-state index is 12.1. The fraction of sp³-hybridized carbons (Fsp3) is 0.267. The first kappa shape index (κ1) is 19.1. The van der Waals surface area contributed by atoms with Gasteiger partial charge in [-0.1, -0.05) is 0 Å². The van der Waals surface area contributed by atoms with Crippen molar-refractivity contribution < 1.29 is 9.59 Å². The third-order valence-corrected chi connectivity index (χ3v) is 3.85. The zero-order valence-corrected chi connectivity index (χ0v) is 14.5. The molecule has 1 heterocycles. The molecule has 0 aliphatic carbocycles. The molecular formula is C15H19ClN4O2S. The average Bonchev–Trinajstić information content (AvgIpc) is 2.96. The van der Waals surface area contributed by atoms with Crippen LogP contribution < -0.4 is 11.1 Å². The van der Waals surface area contributed by atoms with E-state index in [0.717, 1.165) is 5.01 Å². The summed E-state index contributed by atoms with van der Waals surface area (Å²) >= 11 is 1.42. The first-order valence-electron chi connectivity index (χ1n) is 6.79. The van der Waals surface area contributed by atoms with Gasteiger partial charge in [0.05, 0.1) is 5.01 Å².